The second-order valence-corrected chi connectivity index (χ2v) is 12.5. The van der Waals surface area contributed by atoms with Gasteiger partial charge in [-0.1, -0.05) is 72.8 Å². The van der Waals surface area contributed by atoms with Gasteiger partial charge in [-0.3, -0.25) is 24.0 Å². The Morgan fingerprint density at radius 2 is 1.56 bits per heavy atom. The molecule has 254 valence electrons. The fourth-order valence-corrected chi connectivity index (χ4v) is 5.23. The molecule has 1 rings (SSSR count). The Morgan fingerprint density at radius 1 is 0.889 bits per heavy atom. The molecule has 1 heterocycles. The van der Waals surface area contributed by atoms with Crippen LogP contribution in [0.1, 0.15) is 81.6 Å². The number of nitrogens with zero attached hydrogens (tertiary/aromatic N) is 1. The highest BCUT2D eigenvalue weighted by Crippen LogP contribution is 2.32. The maximum absolute atomic E-state index is 13.6. The van der Waals surface area contributed by atoms with E-state index >= 15 is 0 Å². The molecular formula is C33H55N5O7. The lowest BCUT2D eigenvalue weighted by molar-refractivity contribution is -0.143. The van der Waals surface area contributed by atoms with Crippen molar-refractivity contribution in [3.8, 4) is 0 Å². The summed E-state index contributed by atoms with van der Waals surface area (Å²) in [4.78, 5) is 78.2. The molecule has 1 aliphatic rings. The second-order valence-electron chi connectivity index (χ2n) is 12.5. The van der Waals surface area contributed by atoms with Crippen molar-refractivity contribution >= 4 is 35.5 Å². The van der Waals surface area contributed by atoms with Gasteiger partial charge in [0.1, 0.15) is 12.1 Å². The monoisotopic (exact) mass is 633 g/mol. The number of hydrogen-bond acceptors (Lipinski definition) is 7. The third-order valence-electron chi connectivity index (χ3n) is 7.81. The van der Waals surface area contributed by atoms with Gasteiger partial charge in [-0.05, 0) is 56.8 Å². The molecule has 0 aliphatic carbocycles. The normalized spacial score (nSPS) is 18.7. The lowest BCUT2D eigenvalue weighted by Gasteiger charge is -2.33. The van der Waals surface area contributed by atoms with E-state index in [2.05, 4.69) is 21.3 Å². The number of nitrogens with one attached hydrogen (secondary N) is 4. The topological polar surface area (TPSA) is 163 Å². The zero-order valence-corrected chi connectivity index (χ0v) is 28.5. The number of likely N-dealkylation sites (tertiary alicyclic amines) is 1. The van der Waals surface area contributed by atoms with Crippen LogP contribution in [0.2, 0.25) is 0 Å². The molecule has 5 atom stereocenters. The Bertz CT molecular complexity index is 1090. The molecule has 1 aliphatic heterocycles. The summed E-state index contributed by atoms with van der Waals surface area (Å²) in [6.45, 7) is 16.2. The molecule has 1 fully saturated rings. The van der Waals surface area contributed by atoms with Gasteiger partial charge in [0.2, 0.25) is 23.5 Å². The van der Waals surface area contributed by atoms with Gasteiger partial charge in [0.15, 0.2) is 0 Å². The van der Waals surface area contributed by atoms with Crippen molar-refractivity contribution in [3.05, 3.63) is 24.3 Å². The lowest BCUT2D eigenvalue weighted by atomic mass is 9.88. The molecule has 0 aromatic carbocycles. The minimum Gasteiger partial charge on any atom is -0.447 e. The summed E-state index contributed by atoms with van der Waals surface area (Å²) in [6.07, 6.45) is 8.99. The van der Waals surface area contributed by atoms with Crippen molar-refractivity contribution in [2.45, 2.75) is 106 Å². The van der Waals surface area contributed by atoms with Crippen LogP contribution in [0.4, 0.5) is 4.79 Å². The average Bonchev–Trinajstić information content (AvgIpc) is 3.43. The number of ketones is 1. The summed E-state index contributed by atoms with van der Waals surface area (Å²) in [7, 11) is 0. The van der Waals surface area contributed by atoms with E-state index in [1.54, 1.807) is 27.7 Å². The van der Waals surface area contributed by atoms with Gasteiger partial charge in [-0.2, -0.15) is 0 Å². The van der Waals surface area contributed by atoms with Crippen LogP contribution < -0.4 is 21.3 Å². The molecule has 0 aromatic heterocycles. The van der Waals surface area contributed by atoms with Crippen molar-refractivity contribution < 1.29 is 33.5 Å². The summed E-state index contributed by atoms with van der Waals surface area (Å²) in [6, 6.07) is -1.95. The summed E-state index contributed by atoms with van der Waals surface area (Å²) < 4.78 is 5.15. The molecule has 4 N–H and O–H groups in total. The number of ether oxygens (including phenoxy) is 1. The van der Waals surface area contributed by atoms with Crippen LogP contribution >= 0.6 is 0 Å². The van der Waals surface area contributed by atoms with Gasteiger partial charge in [-0.15, -0.1) is 0 Å². The largest absolute Gasteiger partial charge is 0.447 e. The summed E-state index contributed by atoms with van der Waals surface area (Å²) in [5.41, 5.74) is 0. The Kier molecular flexibility index (Phi) is 17.2. The van der Waals surface area contributed by atoms with E-state index < -0.39 is 54.1 Å². The van der Waals surface area contributed by atoms with Crippen molar-refractivity contribution in [3.63, 3.8) is 0 Å². The molecule has 0 saturated carbocycles. The Labute approximate surface area is 268 Å². The van der Waals surface area contributed by atoms with Crippen LogP contribution in [0.5, 0.6) is 0 Å². The highest BCUT2D eigenvalue weighted by molar-refractivity contribution is 6.37. The number of amides is 5. The third-order valence-corrected chi connectivity index (χ3v) is 7.81. The minimum absolute atomic E-state index is 0.0467. The van der Waals surface area contributed by atoms with Crippen molar-refractivity contribution in [2.75, 3.05) is 19.6 Å². The zero-order chi connectivity index (χ0) is 34.3. The SMILES string of the molecule is CC/C=C\C=C/C(C)C(CC)NC(=O)CNC(=O)C(=O)CNC(=O)C1[C@@H](C(C)C)CCN1C(=O)C(NC(=O)OC(C)C)C(C)C. The number of rotatable bonds is 17. The zero-order valence-electron chi connectivity index (χ0n) is 28.5. The molecule has 5 amide bonds. The first-order chi connectivity index (χ1) is 21.1. The van der Waals surface area contributed by atoms with E-state index in [1.807, 2.05) is 58.9 Å². The van der Waals surface area contributed by atoms with Crippen LogP contribution in [0.15, 0.2) is 24.3 Å². The van der Waals surface area contributed by atoms with Crippen LogP contribution in [0.25, 0.3) is 0 Å². The lowest BCUT2D eigenvalue weighted by Crippen LogP contribution is -2.57. The van der Waals surface area contributed by atoms with Crippen LogP contribution in [0, 0.1) is 23.7 Å². The fourth-order valence-electron chi connectivity index (χ4n) is 5.23. The fraction of sp³-hybridized carbons (Fsp3) is 0.697. The number of allylic oxidation sites excluding steroid dienone is 3. The molecular weight excluding hydrogens is 578 g/mol. The van der Waals surface area contributed by atoms with Crippen LogP contribution in [0.3, 0.4) is 0 Å². The first-order valence-corrected chi connectivity index (χ1v) is 16.1. The van der Waals surface area contributed by atoms with Gasteiger partial charge in [0, 0.05) is 12.6 Å². The summed E-state index contributed by atoms with van der Waals surface area (Å²) in [5, 5.41) is 10.3. The number of hydrogen-bond donors (Lipinski definition) is 4. The minimum atomic E-state index is -0.997. The first-order valence-electron chi connectivity index (χ1n) is 16.1. The van der Waals surface area contributed by atoms with E-state index in [0.717, 1.165) is 6.42 Å². The molecule has 0 spiro atoms. The van der Waals surface area contributed by atoms with Gasteiger partial charge >= 0.3 is 6.09 Å². The van der Waals surface area contributed by atoms with E-state index in [4.69, 9.17) is 4.74 Å². The first kappa shape index (κ1) is 39.3. The smallest absolute Gasteiger partial charge is 0.408 e. The van der Waals surface area contributed by atoms with E-state index in [0.29, 0.717) is 19.4 Å². The molecule has 1 saturated heterocycles. The van der Waals surface area contributed by atoms with Crippen LogP contribution in [-0.4, -0.2) is 84.3 Å². The highest BCUT2D eigenvalue weighted by atomic mass is 16.6. The van der Waals surface area contributed by atoms with Crippen molar-refractivity contribution in [2.24, 2.45) is 23.7 Å². The quantitative estimate of drug-likeness (QED) is 0.141. The molecule has 0 aromatic rings. The Hall–Kier alpha value is -3.70. The molecule has 4 unspecified atom stereocenters. The Balaban J connectivity index is 2.80. The van der Waals surface area contributed by atoms with Crippen LogP contribution in [-0.2, 0) is 28.7 Å². The summed E-state index contributed by atoms with van der Waals surface area (Å²) >= 11 is 0. The molecule has 45 heavy (non-hydrogen) atoms. The Morgan fingerprint density at radius 3 is 2.11 bits per heavy atom. The van der Waals surface area contributed by atoms with E-state index in [-0.39, 0.29) is 42.4 Å². The average molecular weight is 634 g/mol. The highest BCUT2D eigenvalue weighted by Gasteiger charge is 2.45. The second kappa shape index (κ2) is 19.6. The van der Waals surface area contributed by atoms with Gasteiger partial charge in [0.25, 0.3) is 5.91 Å². The van der Waals surface area contributed by atoms with Gasteiger partial charge < -0.3 is 30.9 Å². The molecule has 12 nitrogen and oxygen atoms in total. The van der Waals surface area contributed by atoms with Crippen molar-refractivity contribution in [1.82, 2.24) is 26.2 Å². The third kappa shape index (κ3) is 13.1. The predicted octanol–water partition coefficient (Wildman–Crippen LogP) is 2.87. The number of Topliss-reactive ketones (excluding diaryl/α,β-unsaturated/α-hetero) is 1. The molecule has 0 bridgehead atoms. The summed E-state index contributed by atoms with van der Waals surface area (Å²) in [5.74, 6) is -3.69. The maximum atomic E-state index is 13.6. The van der Waals surface area contributed by atoms with Gasteiger partial charge in [-0.25, -0.2) is 4.79 Å². The van der Waals surface area contributed by atoms with E-state index in [9.17, 15) is 28.8 Å². The maximum Gasteiger partial charge on any atom is 0.408 e. The standard InChI is InChI=1S/C33H55N5O7/c1-10-12-13-14-15-23(9)25(11-2)36-27(40)19-35-30(41)26(39)18-34-31(42)29-24(20(3)4)16-17-38(29)32(43)28(21(5)6)37-33(44)45-22(7)8/h12-15,20-25,28-29H,10-11,16-19H2,1-9H3,(H,34,42)(H,35,41)(H,36,40)(H,37,44)/b13-12-,15-14-/t23?,24-,25?,28?,29?/m1/s1. The van der Waals surface area contributed by atoms with Gasteiger partial charge in [0.05, 0.1) is 19.2 Å². The van der Waals surface area contributed by atoms with E-state index in [1.165, 1.54) is 4.90 Å². The molecule has 12 heteroatoms. The number of carbonyl (C=O) groups excluding carboxylic acids is 6. The van der Waals surface area contributed by atoms with Crippen molar-refractivity contribution in [1.29, 1.82) is 0 Å². The number of carbonyl (C=O) groups is 6. The predicted molar refractivity (Wildman–Crippen MR) is 173 cm³/mol. The molecule has 0 radical (unpaired) electrons. The number of alkyl carbamates (subject to hydrolysis) is 1.